The normalized spacial score (nSPS) is 11.6. The molecule has 2 aromatic carbocycles. The Labute approximate surface area is 149 Å². The number of hydrogen-bond donors (Lipinski definition) is 2. The predicted molar refractivity (Wildman–Crippen MR) is 96.3 cm³/mol. The van der Waals surface area contributed by atoms with Crippen molar-refractivity contribution in [2.75, 3.05) is 13.2 Å². The molecule has 0 aromatic heterocycles. The zero-order valence-corrected chi connectivity index (χ0v) is 16.3. The maximum atomic E-state index is 12.1. The summed E-state index contributed by atoms with van der Waals surface area (Å²) in [6.07, 6.45) is 0. The molecule has 6 nitrogen and oxygen atoms in total. The van der Waals surface area contributed by atoms with Gasteiger partial charge in [-0.25, -0.2) is 0 Å². The molecule has 0 fully saturated rings. The van der Waals surface area contributed by atoms with Crippen LogP contribution in [0.2, 0.25) is 0 Å². The molecule has 2 N–H and O–H groups in total. The van der Waals surface area contributed by atoms with Crippen LogP contribution >= 0.6 is 0 Å². The van der Waals surface area contributed by atoms with Crippen LogP contribution in [0.25, 0.3) is 0 Å². The summed E-state index contributed by atoms with van der Waals surface area (Å²) in [7, 11) is 0. The fourth-order valence-electron chi connectivity index (χ4n) is 2.43. The molecule has 7 heteroatoms. The van der Waals surface area contributed by atoms with Crippen molar-refractivity contribution in [1.82, 2.24) is 0 Å². The number of rotatable bonds is 8. The molecule has 0 unspecified atom stereocenters. The van der Waals surface area contributed by atoms with Gasteiger partial charge in [-0.05, 0) is 0 Å². The molecule has 0 radical (unpaired) electrons. The Hall–Kier alpha value is -2.23. The van der Waals surface area contributed by atoms with E-state index in [2.05, 4.69) is 0 Å². The summed E-state index contributed by atoms with van der Waals surface area (Å²) in [6.45, 7) is 4.63. The van der Waals surface area contributed by atoms with Crippen molar-refractivity contribution >= 4 is 33.4 Å². The second kappa shape index (κ2) is 8.23. The van der Waals surface area contributed by atoms with E-state index in [0.29, 0.717) is 31.9 Å². The van der Waals surface area contributed by atoms with Crippen LogP contribution in [0.1, 0.15) is 13.8 Å². The van der Waals surface area contributed by atoms with Crippen LogP contribution in [0.4, 0.5) is 9.59 Å². The van der Waals surface area contributed by atoms with Gasteiger partial charge in [0.15, 0.2) is 0 Å². The minimum atomic E-state index is -4.76. The van der Waals surface area contributed by atoms with Gasteiger partial charge in [0.05, 0.1) is 0 Å². The van der Waals surface area contributed by atoms with Crippen LogP contribution in [-0.2, 0) is 0 Å². The number of carbonyl (C=O) groups is 2. The Morgan fingerprint density at radius 1 is 0.760 bits per heavy atom. The molecule has 0 bridgehead atoms. The Morgan fingerprint density at radius 3 is 1.32 bits per heavy atom. The molecule has 0 heterocycles. The molecule has 0 saturated carbocycles. The Morgan fingerprint density at radius 2 is 1.08 bits per heavy atom. The van der Waals surface area contributed by atoms with Crippen LogP contribution < -0.4 is 16.7 Å². The summed E-state index contributed by atoms with van der Waals surface area (Å²) < 4.78 is 8.81. The molecule has 25 heavy (non-hydrogen) atoms. The van der Waals surface area contributed by atoms with E-state index in [0.717, 1.165) is 0 Å². The first-order chi connectivity index (χ1) is 12.0. The summed E-state index contributed by atoms with van der Waals surface area (Å²) >= 11 is -4.76. The first-order valence-corrected chi connectivity index (χ1v) is 12.4. The van der Waals surface area contributed by atoms with E-state index in [1.807, 2.05) is 13.8 Å². The molecule has 0 spiro atoms. The Kier molecular flexibility index (Phi) is 6.29. The summed E-state index contributed by atoms with van der Waals surface area (Å²) in [4.78, 5) is 24.3. The van der Waals surface area contributed by atoms with Crippen molar-refractivity contribution in [1.29, 1.82) is 0 Å². The van der Waals surface area contributed by atoms with E-state index in [-0.39, 0.29) is 0 Å². The van der Waals surface area contributed by atoms with Gasteiger partial charge in [0, 0.05) is 0 Å². The van der Waals surface area contributed by atoms with Crippen LogP contribution in [0.5, 0.6) is 11.5 Å². The van der Waals surface area contributed by atoms with Gasteiger partial charge in [-0.3, -0.25) is 0 Å². The maximum absolute atomic E-state index is 12.1. The Bertz CT molecular complexity index is 674. The number of carboxylic acid groups (broad SMARTS) is 2. The summed E-state index contributed by atoms with van der Waals surface area (Å²) in [6, 6.07) is 12.6. The third-order valence-electron chi connectivity index (χ3n) is 3.50. The van der Waals surface area contributed by atoms with Gasteiger partial charge in [0.2, 0.25) is 0 Å². The van der Waals surface area contributed by atoms with E-state index >= 15 is 0 Å². The SMILES string of the molecule is CCOc1ccc([Te](C(=O)O)(C(=O)O)c2ccc(OCC)cc2)cc1. The molecule has 2 rings (SSSR count). The van der Waals surface area contributed by atoms with Gasteiger partial charge in [-0.1, -0.05) is 0 Å². The summed E-state index contributed by atoms with van der Waals surface area (Å²) in [5.74, 6) is 1.15. The van der Waals surface area contributed by atoms with Crippen LogP contribution in [0.3, 0.4) is 0 Å². The van der Waals surface area contributed by atoms with Gasteiger partial charge in [0.1, 0.15) is 0 Å². The molecular weight excluding hydrogens is 440 g/mol. The fraction of sp³-hybridized carbons (Fsp3) is 0.222. The second-order valence-electron chi connectivity index (χ2n) is 4.95. The third-order valence-corrected chi connectivity index (χ3v) is 12.1. The zero-order valence-electron chi connectivity index (χ0n) is 14.0. The molecule has 0 aliphatic heterocycles. The summed E-state index contributed by atoms with van der Waals surface area (Å²) in [5, 5.41) is 19.8. The quantitative estimate of drug-likeness (QED) is 0.589. The van der Waals surface area contributed by atoms with E-state index < -0.39 is 26.2 Å². The zero-order chi connectivity index (χ0) is 18.4. The van der Waals surface area contributed by atoms with Crippen LogP contribution in [0, 0.1) is 0 Å². The average molecular weight is 460 g/mol. The molecule has 0 atom stereocenters. The second-order valence-corrected chi connectivity index (χ2v) is 13.1. The van der Waals surface area contributed by atoms with Gasteiger partial charge >= 0.3 is 150 Å². The van der Waals surface area contributed by atoms with Crippen LogP contribution in [0.15, 0.2) is 48.5 Å². The topological polar surface area (TPSA) is 93.1 Å². The first kappa shape index (κ1) is 19.1. The van der Waals surface area contributed by atoms with E-state index in [9.17, 15) is 19.8 Å². The van der Waals surface area contributed by atoms with Crippen molar-refractivity contribution in [2.24, 2.45) is 0 Å². The molecular formula is C18H20O6Te. The molecule has 0 aliphatic carbocycles. The van der Waals surface area contributed by atoms with Gasteiger partial charge in [-0.2, -0.15) is 0 Å². The molecule has 134 valence electrons. The first-order valence-electron chi connectivity index (χ1n) is 7.71. The Balaban J connectivity index is 2.57. The molecule has 0 aliphatic rings. The van der Waals surface area contributed by atoms with Crippen molar-refractivity contribution in [2.45, 2.75) is 13.8 Å². The monoisotopic (exact) mass is 462 g/mol. The fourth-order valence-corrected chi connectivity index (χ4v) is 9.04. The average Bonchev–Trinajstić information content (AvgIpc) is 2.58. The van der Waals surface area contributed by atoms with Crippen molar-refractivity contribution in [3.8, 4) is 11.5 Å². The standard InChI is InChI=1S/C18H20O6Te/c1-3-23-13-5-9-15(10-6-13)25(17(19)20,18(21)22)16-11-7-14(8-12-16)24-4-2/h5-12H,3-4H2,1-2H3,(H,19,20)(H,21,22). The van der Waals surface area contributed by atoms with E-state index in [1.165, 1.54) is 0 Å². The van der Waals surface area contributed by atoms with Crippen molar-refractivity contribution in [3.05, 3.63) is 48.5 Å². The number of benzene rings is 2. The van der Waals surface area contributed by atoms with Crippen molar-refractivity contribution in [3.63, 3.8) is 0 Å². The van der Waals surface area contributed by atoms with Gasteiger partial charge in [-0.15, -0.1) is 0 Å². The minimum absolute atomic E-state index is 0.329. The molecule has 0 amide bonds. The van der Waals surface area contributed by atoms with Crippen LogP contribution in [-0.4, -0.2) is 49.6 Å². The van der Waals surface area contributed by atoms with E-state index in [1.54, 1.807) is 48.5 Å². The number of ether oxygens (including phenoxy) is 2. The van der Waals surface area contributed by atoms with Crippen molar-refractivity contribution < 1.29 is 29.3 Å². The molecule has 2 aromatic rings. The van der Waals surface area contributed by atoms with Gasteiger partial charge < -0.3 is 0 Å². The van der Waals surface area contributed by atoms with E-state index in [4.69, 9.17) is 9.47 Å². The van der Waals surface area contributed by atoms with Gasteiger partial charge in [0.25, 0.3) is 0 Å². The third kappa shape index (κ3) is 3.73. The summed E-state index contributed by atoms with van der Waals surface area (Å²) in [5.41, 5.74) is 0. The number of hydrogen-bond acceptors (Lipinski definition) is 4. The predicted octanol–water partition coefficient (Wildman–Crippen LogP) is 2.57. The molecule has 0 saturated heterocycles.